The molecule has 0 amide bonds. The van der Waals surface area contributed by atoms with Crippen LogP contribution in [0.3, 0.4) is 0 Å². The third-order valence-electron chi connectivity index (χ3n) is 10.5. The van der Waals surface area contributed by atoms with Crippen LogP contribution in [0.15, 0.2) is 0 Å². The van der Waals surface area contributed by atoms with Crippen LogP contribution in [0, 0.1) is 46.3 Å². The summed E-state index contributed by atoms with van der Waals surface area (Å²) in [7, 11) is 1.48. The number of fused-ring (bicyclic) bond motifs is 5. The molecule has 166 valence electrons. The first-order chi connectivity index (χ1) is 13.7. The van der Waals surface area contributed by atoms with Gasteiger partial charge in [0.1, 0.15) is 0 Å². The molecule has 29 heavy (non-hydrogen) atoms. The second kappa shape index (κ2) is 7.82. The topological polar surface area (TPSA) is 72.5 Å². The van der Waals surface area contributed by atoms with Gasteiger partial charge in [0.25, 0.3) is 0 Å². The number of aliphatic hydroxyl groups excluding tert-OH is 1. The fraction of sp³-hybridized carbons (Fsp3) is 0.960. The average molecular weight is 406 g/mol. The molecule has 10 atom stereocenters. The summed E-state index contributed by atoms with van der Waals surface area (Å²) in [6.07, 6.45) is 10.8. The molecular weight excluding hydrogens is 362 g/mol. The number of hydrogen-bond donors (Lipinski definition) is 2. The number of carbonyl (C=O) groups is 1. The summed E-state index contributed by atoms with van der Waals surface area (Å²) < 4.78 is 4.87. The first-order valence-electron chi connectivity index (χ1n) is 12.2. The number of nitrogens with two attached hydrogens (primary N) is 1. The van der Waals surface area contributed by atoms with Gasteiger partial charge in [-0.1, -0.05) is 20.8 Å². The van der Waals surface area contributed by atoms with Gasteiger partial charge in [0.2, 0.25) is 0 Å². The van der Waals surface area contributed by atoms with Crippen LogP contribution < -0.4 is 5.73 Å². The predicted molar refractivity (Wildman–Crippen MR) is 115 cm³/mol. The molecule has 0 saturated heterocycles. The molecule has 4 aliphatic rings. The van der Waals surface area contributed by atoms with Crippen molar-refractivity contribution in [2.24, 2.45) is 52.1 Å². The molecule has 0 radical (unpaired) electrons. The molecule has 4 rings (SSSR count). The Morgan fingerprint density at radius 3 is 2.52 bits per heavy atom. The highest BCUT2D eigenvalue weighted by atomic mass is 16.5. The van der Waals surface area contributed by atoms with E-state index in [0.717, 1.165) is 25.7 Å². The van der Waals surface area contributed by atoms with Gasteiger partial charge in [-0.05, 0) is 104 Å². The van der Waals surface area contributed by atoms with Gasteiger partial charge in [0.15, 0.2) is 0 Å². The molecule has 3 unspecified atom stereocenters. The van der Waals surface area contributed by atoms with Gasteiger partial charge in [0.05, 0.1) is 13.2 Å². The second-order valence-electron chi connectivity index (χ2n) is 11.7. The van der Waals surface area contributed by atoms with Crippen LogP contribution in [0.5, 0.6) is 0 Å². The van der Waals surface area contributed by atoms with Crippen LogP contribution in [0.2, 0.25) is 0 Å². The zero-order chi connectivity index (χ0) is 21.0. The van der Waals surface area contributed by atoms with Crippen LogP contribution in [0.25, 0.3) is 0 Å². The highest BCUT2D eigenvalue weighted by molar-refractivity contribution is 5.69. The molecule has 0 aliphatic heterocycles. The molecule has 0 bridgehead atoms. The maximum atomic E-state index is 11.7. The molecule has 0 heterocycles. The third-order valence-corrected chi connectivity index (χ3v) is 10.5. The molecule has 3 N–H and O–H groups in total. The first-order valence-corrected chi connectivity index (χ1v) is 12.2. The van der Waals surface area contributed by atoms with E-state index in [1.54, 1.807) is 0 Å². The predicted octanol–water partition coefficient (Wildman–Crippen LogP) is 4.53. The van der Waals surface area contributed by atoms with Crippen molar-refractivity contribution < 1.29 is 14.6 Å². The summed E-state index contributed by atoms with van der Waals surface area (Å²) >= 11 is 0. The average Bonchev–Trinajstić information content (AvgIpc) is 3.04. The first kappa shape index (κ1) is 21.6. The lowest BCUT2D eigenvalue weighted by Crippen LogP contribution is -2.59. The van der Waals surface area contributed by atoms with Crippen molar-refractivity contribution in [2.45, 2.75) is 97.1 Å². The number of aliphatic hydroxyl groups is 1. The van der Waals surface area contributed by atoms with Gasteiger partial charge in [0, 0.05) is 12.5 Å². The summed E-state index contributed by atoms with van der Waals surface area (Å²) in [5, 5.41) is 11.3. The normalized spacial score (nSPS) is 50.2. The Morgan fingerprint density at radius 1 is 1.10 bits per heavy atom. The van der Waals surface area contributed by atoms with E-state index in [9.17, 15) is 9.90 Å². The van der Waals surface area contributed by atoms with Crippen molar-refractivity contribution in [3.8, 4) is 0 Å². The quantitative estimate of drug-likeness (QED) is 0.674. The Morgan fingerprint density at radius 2 is 1.79 bits per heavy atom. The van der Waals surface area contributed by atoms with Crippen molar-refractivity contribution in [3.05, 3.63) is 0 Å². The SMILES string of the molecule is COC(=O)CC[C@@H](C)[C@H]1CCC2[C@H]3C(CC[C@@]21C)[C@@]1(C)CC[C@@H](N)CC1C[C@@H]3O. The van der Waals surface area contributed by atoms with E-state index in [1.165, 1.54) is 39.2 Å². The van der Waals surface area contributed by atoms with E-state index in [4.69, 9.17) is 10.5 Å². The molecule has 4 fully saturated rings. The van der Waals surface area contributed by atoms with Crippen LogP contribution in [0.4, 0.5) is 0 Å². The number of methoxy groups -OCH3 is 1. The summed E-state index contributed by atoms with van der Waals surface area (Å²) in [4.78, 5) is 11.7. The van der Waals surface area contributed by atoms with Crippen molar-refractivity contribution in [1.29, 1.82) is 0 Å². The second-order valence-corrected chi connectivity index (χ2v) is 11.7. The largest absolute Gasteiger partial charge is 0.469 e. The summed E-state index contributed by atoms with van der Waals surface area (Å²) in [6, 6.07) is 0.331. The minimum atomic E-state index is -0.155. The minimum Gasteiger partial charge on any atom is -0.469 e. The molecule has 4 saturated carbocycles. The zero-order valence-electron chi connectivity index (χ0n) is 19.0. The number of carbonyl (C=O) groups excluding carboxylic acids is 1. The molecule has 4 heteroatoms. The zero-order valence-corrected chi connectivity index (χ0v) is 19.0. The molecule has 0 spiro atoms. The minimum absolute atomic E-state index is 0.0857. The van der Waals surface area contributed by atoms with Gasteiger partial charge in [-0.2, -0.15) is 0 Å². The fourth-order valence-corrected chi connectivity index (χ4v) is 8.88. The van der Waals surface area contributed by atoms with Crippen LogP contribution in [-0.4, -0.2) is 30.3 Å². The van der Waals surface area contributed by atoms with Gasteiger partial charge < -0.3 is 15.6 Å². The van der Waals surface area contributed by atoms with Gasteiger partial charge in [-0.25, -0.2) is 0 Å². The van der Waals surface area contributed by atoms with E-state index < -0.39 is 0 Å². The van der Waals surface area contributed by atoms with Gasteiger partial charge in [-0.3, -0.25) is 4.79 Å². The van der Waals surface area contributed by atoms with E-state index in [-0.39, 0.29) is 12.1 Å². The van der Waals surface area contributed by atoms with Crippen LogP contribution >= 0.6 is 0 Å². The molecule has 0 aromatic heterocycles. The van der Waals surface area contributed by atoms with Crippen LogP contribution in [-0.2, 0) is 9.53 Å². The Balaban J connectivity index is 1.53. The number of rotatable bonds is 4. The van der Waals surface area contributed by atoms with Crippen molar-refractivity contribution in [2.75, 3.05) is 7.11 Å². The Kier molecular flexibility index (Phi) is 5.83. The van der Waals surface area contributed by atoms with E-state index in [1.807, 2.05) is 0 Å². The summed E-state index contributed by atoms with van der Waals surface area (Å²) in [6.45, 7) is 7.38. The van der Waals surface area contributed by atoms with Crippen molar-refractivity contribution in [3.63, 3.8) is 0 Å². The maximum Gasteiger partial charge on any atom is 0.305 e. The lowest BCUT2D eigenvalue weighted by atomic mass is 9.43. The number of esters is 1. The lowest BCUT2D eigenvalue weighted by molar-refractivity contribution is -0.166. The lowest BCUT2D eigenvalue weighted by Gasteiger charge is -2.62. The Labute approximate surface area is 177 Å². The molecule has 4 nitrogen and oxygen atoms in total. The van der Waals surface area contributed by atoms with E-state index >= 15 is 0 Å². The monoisotopic (exact) mass is 405 g/mol. The molecule has 4 aliphatic carbocycles. The fourth-order valence-electron chi connectivity index (χ4n) is 8.88. The van der Waals surface area contributed by atoms with Crippen molar-refractivity contribution >= 4 is 5.97 Å². The Bertz CT molecular complexity index is 623. The number of hydrogen-bond acceptors (Lipinski definition) is 4. The van der Waals surface area contributed by atoms with E-state index in [0.29, 0.717) is 58.8 Å². The summed E-state index contributed by atoms with van der Waals surface area (Å²) in [5.41, 5.74) is 7.00. The summed E-state index contributed by atoms with van der Waals surface area (Å²) in [5.74, 6) is 3.47. The highest BCUT2D eigenvalue weighted by Gasteiger charge is 2.62. The van der Waals surface area contributed by atoms with E-state index in [2.05, 4.69) is 20.8 Å². The third kappa shape index (κ3) is 3.46. The maximum absolute atomic E-state index is 11.7. The number of ether oxygens (including phenoxy) is 1. The standard InChI is InChI=1S/C25H43NO3/c1-15(5-8-22(28)29-4)18-6-7-19-23-20(10-12-25(18,19)3)24(2)11-9-17(26)13-16(24)14-21(23)27/h15-21,23,27H,5-14,26H2,1-4H3/t15-,16?,17-,18-,19?,20?,21+,23+,24+,25-/m1/s1. The van der Waals surface area contributed by atoms with Crippen LogP contribution in [0.1, 0.15) is 85.0 Å². The Hall–Kier alpha value is -0.610. The highest BCUT2D eigenvalue weighted by Crippen LogP contribution is 2.68. The van der Waals surface area contributed by atoms with Gasteiger partial charge in [-0.15, -0.1) is 0 Å². The van der Waals surface area contributed by atoms with Crippen molar-refractivity contribution in [1.82, 2.24) is 0 Å². The van der Waals surface area contributed by atoms with Gasteiger partial charge >= 0.3 is 5.97 Å². The molecule has 0 aromatic carbocycles. The molecular formula is C25H43NO3. The molecule has 0 aromatic rings. The smallest absolute Gasteiger partial charge is 0.305 e.